The fraction of sp³-hybridized carbons (Fsp3) is 0.600. The fourth-order valence-electron chi connectivity index (χ4n) is 3.97. The Hall–Kier alpha value is -1.80. The number of thiazole rings is 1. The number of fused-ring (bicyclic) bond motifs is 1. The summed E-state index contributed by atoms with van der Waals surface area (Å²) in [6.07, 6.45) is 6.15. The van der Waals surface area contributed by atoms with Crippen molar-refractivity contribution in [3.63, 3.8) is 0 Å². The van der Waals surface area contributed by atoms with E-state index in [1.165, 1.54) is 28.7 Å². The Morgan fingerprint density at radius 1 is 1.50 bits per heavy atom. The molecule has 2 heterocycles. The molecule has 0 N–H and O–H groups in total. The second-order valence-electron chi connectivity index (χ2n) is 7.95. The molecule has 0 bridgehead atoms. The van der Waals surface area contributed by atoms with Crippen molar-refractivity contribution < 1.29 is 9.53 Å². The third-order valence-corrected chi connectivity index (χ3v) is 6.92. The first-order valence-corrected chi connectivity index (χ1v) is 10.9. The molecular weight excluding hydrogens is 394 g/mol. The molecule has 0 spiro atoms. The van der Waals surface area contributed by atoms with E-state index in [0.29, 0.717) is 38.6 Å². The molecule has 2 aromatic heterocycles. The van der Waals surface area contributed by atoms with Crippen LogP contribution in [0.25, 0.3) is 10.3 Å². The molecule has 6 nitrogen and oxygen atoms in total. The third-order valence-electron chi connectivity index (χ3n) is 5.50. The van der Waals surface area contributed by atoms with Gasteiger partial charge < -0.3 is 9.30 Å². The second-order valence-corrected chi connectivity index (χ2v) is 9.60. The summed E-state index contributed by atoms with van der Waals surface area (Å²) in [5, 5.41) is 0. The minimum Gasteiger partial charge on any atom is -0.461 e. The number of allylic oxidation sites excluding steroid dienone is 1. The summed E-state index contributed by atoms with van der Waals surface area (Å²) in [5.74, 6) is 0.992. The van der Waals surface area contributed by atoms with Gasteiger partial charge in [0, 0.05) is 6.54 Å². The summed E-state index contributed by atoms with van der Waals surface area (Å²) in [6.45, 7) is 10.6. The van der Waals surface area contributed by atoms with Gasteiger partial charge in [0.15, 0.2) is 9.60 Å². The molecule has 8 heteroatoms. The van der Waals surface area contributed by atoms with E-state index in [1.54, 1.807) is 10.6 Å². The van der Waals surface area contributed by atoms with Crippen LogP contribution in [-0.4, -0.2) is 26.2 Å². The summed E-state index contributed by atoms with van der Waals surface area (Å²) in [6, 6.07) is 0. The van der Waals surface area contributed by atoms with Gasteiger partial charge in [0.1, 0.15) is 23.7 Å². The van der Waals surface area contributed by atoms with Crippen LogP contribution in [0, 0.1) is 21.7 Å². The highest BCUT2D eigenvalue weighted by Gasteiger charge is 2.33. The standard InChI is InChI=1S/C20H27N3O3S2/c1-5-8-23-18-17(28-20(23)27)19(25)22(11-21-18)10-16(24)26-15-9-13(4)6-7-14(15)12(2)3/h5,11-15H,1,6-10H2,2-4H3. The van der Waals surface area contributed by atoms with Gasteiger partial charge in [-0.15, -0.1) is 6.58 Å². The summed E-state index contributed by atoms with van der Waals surface area (Å²) in [4.78, 5) is 29.7. The predicted molar refractivity (Wildman–Crippen MR) is 114 cm³/mol. The van der Waals surface area contributed by atoms with Gasteiger partial charge in [-0.3, -0.25) is 14.2 Å². The van der Waals surface area contributed by atoms with E-state index in [9.17, 15) is 9.59 Å². The zero-order valence-corrected chi connectivity index (χ0v) is 18.2. The molecule has 0 radical (unpaired) electrons. The first-order chi connectivity index (χ1) is 13.3. The molecule has 0 amide bonds. The Bertz CT molecular complexity index is 989. The molecule has 1 saturated carbocycles. The summed E-state index contributed by atoms with van der Waals surface area (Å²) in [7, 11) is 0. The molecule has 3 rings (SSSR count). The lowest BCUT2D eigenvalue weighted by Gasteiger charge is -2.36. The van der Waals surface area contributed by atoms with Gasteiger partial charge in [-0.1, -0.05) is 44.6 Å². The number of aromatic nitrogens is 3. The minimum atomic E-state index is -0.387. The molecular formula is C20H27N3O3S2. The minimum absolute atomic E-state index is 0.0839. The number of carbonyl (C=O) groups excluding carboxylic acids is 1. The summed E-state index contributed by atoms with van der Waals surface area (Å²) < 4.78 is 9.91. The molecule has 3 atom stereocenters. The first-order valence-electron chi connectivity index (χ1n) is 9.71. The van der Waals surface area contributed by atoms with E-state index in [1.807, 2.05) is 0 Å². The Morgan fingerprint density at radius 3 is 2.93 bits per heavy atom. The van der Waals surface area contributed by atoms with Gasteiger partial charge in [0.05, 0.1) is 0 Å². The monoisotopic (exact) mass is 421 g/mol. The van der Waals surface area contributed by atoms with Crippen LogP contribution in [0.1, 0.15) is 40.0 Å². The molecule has 1 fully saturated rings. The zero-order chi connectivity index (χ0) is 20.4. The van der Waals surface area contributed by atoms with Gasteiger partial charge in [-0.05, 0) is 42.8 Å². The number of hydrogen-bond acceptors (Lipinski definition) is 6. The maximum Gasteiger partial charge on any atom is 0.326 e. The van der Waals surface area contributed by atoms with Gasteiger partial charge in [0.25, 0.3) is 5.56 Å². The highest BCUT2D eigenvalue weighted by atomic mass is 32.1. The van der Waals surface area contributed by atoms with E-state index in [0.717, 1.165) is 12.8 Å². The van der Waals surface area contributed by atoms with Crippen LogP contribution in [-0.2, 0) is 22.6 Å². The Morgan fingerprint density at radius 2 is 2.25 bits per heavy atom. The van der Waals surface area contributed by atoms with Crippen LogP contribution in [0.15, 0.2) is 23.8 Å². The lowest BCUT2D eigenvalue weighted by atomic mass is 9.75. The molecule has 3 unspecified atom stereocenters. The Labute approximate surface area is 173 Å². The number of rotatable bonds is 6. The first kappa shape index (κ1) is 20.9. The van der Waals surface area contributed by atoms with E-state index in [2.05, 4.69) is 32.3 Å². The lowest BCUT2D eigenvalue weighted by Crippen LogP contribution is -2.37. The van der Waals surface area contributed by atoms with Crippen LogP contribution in [0.2, 0.25) is 0 Å². The van der Waals surface area contributed by atoms with Crippen LogP contribution in [0.4, 0.5) is 0 Å². The largest absolute Gasteiger partial charge is 0.461 e. The average molecular weight is 422 g/mol. The van der Waals surface area contributed by atoms with Crippen LogP contribution < -0.4 is 5.56 Å². The van der Waals surface area contributed by atoms with Gasteiger partial charge in [-0.25, -0.2) is 4.98 Å². The van der Waals surface area contributed by atoms with E-state index >= 15 is 0 Å². The number of nitrogens with zero attached hydrogens (tertiary/aromatic N) is 3. The molecule has 1 aliphatic carbocycles. The average Bonchev–Trinajstić information content (AvgIpc) is 2.94. The number of hydrogen-bond donors (Lipinski definition) is 0. The van der Waals surface area contributed by atoms with Crippen molar-refractivity contribution in [2.75, 3.05) is 0 Å². The van der Waals surface area contributed by atoms with Crippen LogP contribution in [0.3, 0.4) is 0 Å². The molecule has 1 aliphatic rings. The van der Waals surface area contributed by atoms with Gasteiger partial charge in [-0.2, -0.15) is 0 Å². The number of carbonyl (C=O) groups is 1. The lowest BCUT2D eigenvalue weighted by molar-refractivity contribution is -0.156. The van der Waals surface area contributed by atoms with Crippen LogP contribution >= 0.6 is 23.6 Å². The molecule has 0 aliphatic heterocycles. The van der Waals surface area contributed by atoms with E-state index in [4.69, 9.17) is 17.0 Å². The van der Waals surface area contributed by atoms with Crippen molar-refractivity contribution in [1.82, 2.24) is 14.1 Å². The summed E-state index contributed by atoms with van der Waals surface area (Å²) in [5.41, 5.74) is 0.267. The number of esters is 1. The molecule has 0 saturated heterocycles. The van der Waals surface area contributed by atoms with Crippen LogP contribution in [0.5, 0.6) is 0 Å². The van der Waals surface area contributed by atoms with Crippen molar-refractivity contribution in [1.29, 1.82) is 0 Å². The molecule has 152 valence electrons. The topological polar surface area (TPSA) is 66.1 Å². The quantitative estimate of drug-likeness (QED) is 0.398. The smallest absolute Gasteiger partial charge is 0.326 e. The molecule has 28 heavy (non-hydrogen) atoms. The Balaban J connectivity index is 1.79. The fourth-order valence-corrected chi connectivity index (χ4v) is 5.29. The second kappa shape index (κ2) is 8.69. The Kier molecular flexibility index (Phi) is 6.50. The maximum atomic E-state index is 12.8. The summed E-state index contributed by atoms with van der Waals surface area (Å²) >= 11 is 6.53. The predicted octanol–water partition coefficient (Wildman–Crippen LogP) is 4.18. The van der Waals surface area contributed by atoms with Gasteiger partial charge >= 0.3 is 5.97 Å². The SMILES string of the molecule is C=CCn1c(=S)sc2c(=O)n(CC(=O)OC3CC(C)CCC3C(C)C)cnc21. The third kappa shape index (κ3) is 4.27. The van der Waals surface area contributed by atoms with Crippen molar-refractivity contribution in [3.8, 4) is 0 Å². The number of ether oxygens (including phenoxy) is 1. The molecule has 2 aromatic rings. The van der Waals surface area contributed by atoms with Crippen molar-refractivity contribution in [3.05, 3.63) is 33.3 Å². The molecule has 0 aromatic carbocycles. The van der Waals surface area contributed by atoms with Crippen molar-refractivity contribution in [2.24, 2.45) is 17.8 Å². The normalized spacial score (nSPS) is 22.5. The van der Waals surface area contributed by atoms with Gasteiger partial charge in [0.2, 0.25) is 0 Å². The maximum absolute atomic E-state index is 12.8. The highest BCUT2D eigenvalue weighted by Crippen LogP contribution is 2.35. The highest BCUT2D eigenvalue weighted by molar-refractivity contribution is 7.73. The van der Waals surface area contributed by atoms with E-state index in [-0.39, 0.29) is 24.2 Å². The van der Waals surface area contributed by atoms with Crippen molar-refractivity contribution in [2.45, 2.75) is 59.2 Å². The zero-order valence-electron chi connectivity index (χ0n) is 16.6. The van der Waals surface area contributed by atoms with Crippen molar-refractivity contribution >= 4 is 39.9 Å². The van der Waals surface area contributed by atoms with E-state index < -0.39 is 0 Å².